The Bertz CT molecular complexity index is 615. The molecule has 2 aromatic rings. The zero-order valence-corrected chi connectivity index (χ0v) is 11.0. The van der Waals surface area contributed by atoms with Crippen molar-refractivity contribution in [3.8, 4) is 6.07 Å². The number of thiazole rings is 1. The first-order chi connectivity index (χ1) is 8.60. The Morgan fingerprint density at radius 1 is 1.39 bits per heavy atom. The molecule has 2 heterocycles. The highest BCUT2D eigenvalue weighted by atomic mass is 32.1. The van der Waals surface area contributed by atoms with Crippen molar-refractivity contribution in [1.29, 1.82) is 5.26 Å². The van der Waals surface area contributed by atoms with Crippen LogP contribution >= 0.6 is 11.3 Å². The SMILES string of the molecule is CC(C)n1cc(/C=C/c2csc(N)n2)nc1C#N. The van der Waals surface area contributed by atoms with E-state index in [1.165, 1.54) is 11.3 Å². The molecule has 2 rings (SSSR count). The van der Waals surface area contributed by atoms with Crippen LogP contribution in [0.2, 0.25) is 0 Å². The van der Waals surface area contributed by atoms with Crippen molar-refractivity contribution in [2.24, 2.45) is 0 Å². The van der Waals surface area contributed by atoms with Gasteiger partial charge in [0.05, 0.1) is 11.4 Å². The van der Waals surface area contributed by atoms with Gasteiger partial charge in [-0.15, -0.1) is 11.3 Å². The van der Waals surface area contributed by atoms with Crippen LogP contribution in [0.25, 0.3) is 12.2 Å². The molecule has 0 aromatic carbocycles. The van der Waals surface area contributed by atoms with Crippen molar-refractivity contribution < 1.29 is 0 Å². The average molecular weight is 259 g/mol. The first-order valence-electron chi connectivity index (χ1n) is 5.48. The molecule has 0 fully saturated rings. The van der Waals surface area contributed by atoms with E-state index in [1.54, 1.807) is 0 Å². The van der Waals surface area contributed by atoms with Gasteiger partial charge in [-0.2, -0.15) is 5.26 Å². The van der Waals surface area contributed by atoms with Gasteiger partial charge in [-0.25, -0.2) is 9.97 Å². The van der Waals surface area contributed by atoms with Crippen LogP contribution in [-0.4, -0.2) is 14.5 Å². The molecule has 0 aliphatic rings. The smallest absolute Gasteiger partial charge is 0.213 e. The highest BCUT2D eigenvalue weighted by molar-refractivity contribution is 7.13. The number of imidazole rings is 1. The maximum atomic E-state index is 8.98. The van der Waals surface area contributed by atoms with Gasteiger partial charge >= 0.3 is 0 Å². The van der Waals surface area contributed by atoms with Gasteiger partial charge in [-0.05, 0) is 26.0 Å². The number of nitrogens with zero attached hydrogens (tertiary/aromatic N) is 4. The molecule has 0 amide bonds. The number of rotatable bonds is 3. The number of aromatic nitrogens is 3. The Hall–Kier alpha value is -2.13. The first kappa shape index (κ1) is 12.3. The molecule has 0 bridgehead atoms. The molecule has 18 heavy (non-hydrogen) atoms. The van der Waals surface area contributed by atoms with E-state index in [9.17, 15) is 0 Å². The lowest BCUT2D eigenvalue weighted by Crippen LogP contribution is -2.01. The summed E-state index contributed by atoms with van der Waals surface area (Å²) in [5.41, 5.74) is 7.09. The summed E-state index contributed by atoms with van der Waals surface area (Å²) in [6.07, 6.45) is 5.52. The number of nitrogens with two attached hydrogens (primary N) is 1. The fourth-order valence-electron chi connectivity index (χ4n) is 1.52. The summed E-state index contributed by atoms with van der Waals surface area (Å²) in [6.45, 7) is 4.02. The number of nitrogen functional groups attached to an aromatic ring is 1. The van der Waals surface area contributed by atoms with Gasteiger partial charge in [0, 0.05) is 17.6 Å². The highest BCUT2D eigenvalue weighted by Gasteiger charge is 2.08. The Balaban J connectivity index is 2.25. The monoisotopic (exact) mass is 259 g/mol. The van der Waals surface area contributed by atoms with Gasteiger partial charge < -0.3 is 10.3 Å². The Kier molecular flexibility index (Phi) is 3.44. The average Bonchev–Trinajstić information content (AvgIpc) is 2.92. The zero-order chi connectivity index (χ0) is 13.1. The van der Waals surface area contributed by atoms with Gasteiger partial charge in [-0.1, -0.05) is 0 Å². The zero-order valence-electron chi connectivity index (χ0n) is 10.2. The summed E-state index contributed by atoms with van der Waals surface area (Å²) >= 11 is 1.39. The number of hydrogen-bond donors (Lipinski definition) is 1. The normalized spacial score (nSPS) is 11.2. The van der Waals surface area contributed by atoms with Crippen LogP contribution in [0.4, 0.5) is 5.13 Å². The van der Waals surface area contributed by atoms with Crippen LogP contribution in [0.1, 0.15) is 37.1 Å². The number of hydrogen-bond acceptors (Lipinski definition) is 5. The Morgan fingerprint density at radius 2 is 2.11 bits per heavy atom. The third-order valence-corrected chi connectivity index (χ3v) is 3.06. The number of anilines is 1. The summed E-state index contributed by atoms with van der Waals surface area (Å²) in [5, 5.41) is 11.4. The van der Waals surface area contributed by atoms with Gasteiger partial charge in [-0.3, -0.25) is 0 Å². The van der Waals surface area contributed by atoms with Gasteiger partial charge in [0.1, 0.15) is 6.07 Å². The second-order valence-corrected chi connectivity index (χ2v) is 4.94. The topological polar surface area (TPSA) is 80.5 Å². The lowest BCUT2D eigenvalue weighted by atomic mass is 10.3. The minimum absolute atomic E-state index is 0.212. The van der Waals surface area contributed by atoms with E-state index >= 15 is 0 Å². The summed E-state index contributed by atoms with van der Waals surface area (Å²) in [5.74, 6) is 0.419. The molecule has 0 aliphatic heterocycles. The van der Waals surface area contributed by atoms with Crippen LogP contribution in [0, 0.1) is 11.3 Å². The molecular weight excluding hydrogens is 246 g/mol. The predicted molar refractivity (Wildman–Crippen MR) is 72.8 cm³/mol. The number of nitriles is 1. The van der Waals surface area contributed by atoms with E-state index in [0.717, 1.165) is 11.4 Å². The lowest BCUT2D eigenvalue weighted by molar-refractivity contribution is 0.592. The van der Waals surface area contributed by atoms with Crippen LogP contribution < -0.4 is 5.73 Å². The molecule has 0 spiro atoms. The molecule has 2 N–H and O–H groups in total. The van der Waals surface area contributed by atoms with Crippen molar-refractivity contribution in [3.05, 3.63) is 28.8 Å². The predicted octanol–water partition coefficient (Wildman–Crippen LogP) is 2.54. The van der Waals surface area contributed by atoms with Gasteiger partial charge in [0.2, 0.25) is 5.82 Å². The molecular formula is C12H13N5S. The molecule has 0 atom stereocenters. The lowest BCUT2D eigenvalue weighted by Gasteiger charge is -2.05. The first-order valence-corrected chi connectivity index (χ1v) is 6.36. The van der Waals surface area contributed by atoms with E-state index in [1.807, 2.05) is 42.1 Å². The molecule has 0 saturated carbocycles. The van der Waals surface area contributed by atoms with Crippen LogP contribution in [-0.2, 0) is 0 Å². The summed E-state index contributed by atoms with van der Waals surface area (Å²) < 4.78 is 1.84. The van der Waals surface area contributed by atoms with E-state index in [4.69, 9.17) is 11.0 Å². The summed E-state index contributed by atoms with van der Waals surface area (Å²) in [6, 6.07) is 2.30. The molecule has 0 saturated heterocycles. The van der Waals surface area contributed by atoms with Crippen LogP contribution in [0.3, 0.4) is 0 Å². The molecule has 0 radical (unpaired) electrons. The maximum Gasteiger partial charge on any atom is 0.213 e. The Morgan fingerprint density at radius 3 is 2.61 bits per heavy atom. The fraction of sp³-hybridized carbons (Fsp3) is 0.250. The maximum absolute atomic E-state index is 8.98. The van der Waals surface area contributed by atoms with Crippen molar-refractivity contribution in [1.82, 2.24) is 14.5 Å². The molecule has 0 aliphatic carbocycles. The summed E-state index contributed by atoms with van der Waals surface area (Å²) in [4.78, 5) is 8.35. The quantitative estimate of drug-likeness (QED) is 0.918. The summed E-state index contributed by atoms with van der Waals surface area (Å²) in [7, 11) is 0. The molecule has 5 nitrogen and oxygen atoms in total. The largest absolute Gasteiger partial charge is 0.375 e. The standard InChI is InChI=1S/C12H13N5S/c1-8(2)17-6-9(15-11(17)5-13)3-4-10-7-18-12(14)16-10/h3-4,6-8H,1-2H3,(H2,14,16)/b4-3+. The van der Waals surface area contributed by atoms with Gasteiger partial charge in [0.25, 0.3) is 0 Å². The van der Waals surface area contributed by atoms with E-state index in [2.05, 4.69) is 16.0 Å². The van der Waals surface area contributed by atoms with Crippen molar-refractivity contribution in [3.63, 3.8) is 0 Å². The Labute approximate surface area is 109 Å². The minimum Gasteiger partial charge on any atom is -0.375 e. The molecule has 6 heteroatoms. The van der Waals surface area contributed by atoms with E-state index in [-0.39, 0.29) is 6.04 Å². The van der Waals surface area contributed by atoms with Crippen molar-refractivity contribution in [2.75, 3.05) is 5.73 Å². The minimum atomic E-state index is 0.212. The third kappa shape index (κ3) is 2.57. The van der Waals surface area contributed by atoms with Crippen molar-refractivity contribution in [2.45, 2.75) is 19.9 Å². The van der Waals surface area contributed by atoms with Gasteiger partial charge in [0.15, 0.2) is 5.13 Å². The van der Waals surface area contributed by atoms with E-state index in [0.29, 0.717) is 11.0 Å². The molecule has 2 aromatic heterocycles. The van der Waals surface area contributed by atoms with E-state index < -0.39 is 0 Å². The van der Waals surface area contributed by atoms with Crippen LogP contribution in [0.5, 0.6) is 0 Å². The molecule has 92 valence electrons. The second kappa shape index (κ2) is 5.02. The second-order valence-electron chi connectivity index (χ2n) is 4.05. The molecule has 0 unspecified atom stereocenters. The fourth-order valence-corrected chi connectivity index (χ4v) is 2.05. The highest BCUT2D eigenvalue weighted by Crippen LogP contribution is 2.15. The van der Waals surface area contributed by atoms with Crippen LogP contribution in [0.15, 0.2) is 11.6 Å². The third-order valence-electron chi connectivity index (χ3n) is 2.37. The van der Waals surface area contributed by atoms with Crippen molar-refractivity contribution >= 4 is 28.6 Å².